The lowest BCUT2D eigenvalue weighted by Gasteiger charge is -2.09. The largest absolute Gasteiger partial charge is 0.508 e. The highest BCUT2D eigenvalue weighted by atomic mass is 16.7. The van der Waals surface area contributed by atoms with E-state index in [0.717, 1.165) is 6.42 Å². The number of esters is 1. The average molecular weight is 218 g/mol. The van der Waals surface area contributed by atoms with Crippen molar-refractivity contribution in [2.24, 2.45) is 0 Å². The molecule has 0 radical (unpaired) electrons. The first-order valence-electron chi connectivity index (χ1n) is 4.82. The van der Waals surface area contributed by atoms with E-state index in [-0.39, 0.29) is 5.97 Å². The Labute approximate surface area is 87.4 Å². The summed E-state index contributed by atoms with van der Waals surface area (Å²) in [5.74, 6) is -0.150. The van der Waals surface area contributed by atoms with Gasteiger partial charge in [0.1, 0.15) is 6.61 Å². The molecule has 86 valence electrons. The Morgan fingerprint density at radius 1 is 0.800 bits per heavy atom. The van der Waals surface area contributed by atoms with Crippen molar-refractivity contribution >= 4 is 12.1 Å². The van der Waals surface area contributed by atoms with Gasteiger partial charge in [-0.1, -0.05) is 0 Å². The van der Waals surface area contributed by atoms with Gasteiger partial charge in [0, 0.05) is 6.42 Å². The Morgan fingerprint density at radius 3 is 2.13 bits per heavy atom. The Balaban J connectivity index is 0.000000151. The number of carbonyl (C=O) groups excluding carboxylic acids is 2. The van der Waals surface area contributed by atoms with E-state index in [1.807, 2.05) is 0 Å². The van der Waals surface area contributed by atoms with Crippen LogP contribution in [0.1, 0.15) is 12.8 Å². The second-order valence-corrected chi connectivity index (χ2v) is 2.88. The van der Waals surface area contributed by atoms with Crippen LogP contribution in [0.25, 0.3) is 0 Å². The van der Waals surface area contributed by atoms with Crippen molar-refractivity contribution in [3.05, 3.63) is 0 Å². The zero-order valence-corrected chi connectivity index (χ0v) is 8.40. The highest BCUT2D eigenvalue weighted by molar-refractivity contribution is 5.69. The Kier molecular flexibility index (Phi) is 5.54. The fourth-order valence-electron chi connectivity index (χ4n) is 0.956. The van der Waals surface area contributed by atoms with E-state index < -0.39 is 6.16 Å². The SMILES string of the molecule is O=C1CCOCCO1.O=C1OCCCO1. The minimum atomic E-state index is -0.536. The van der Waals surface area contributed by atoms with Crippen LogP contribution in [0.3, 0.4) is 0 Å². The van der Waals surface area contributed by atoms with Crippen LogP contribution < -0.4 is 0 Å². The van der Waals surface area contributed by atoms with Crippen LogP contribution in [0.2, 0.25) is 0 Å². The third-order valence-corrected chi connectivity index (χ3v) is 1.67. The van der Waals surface area contributed by atoms with Crippen molar-refractivity contribution in [1.29, 1.82) is 0 Å². The number of ether oxygens (including phenoxy) is 4. The summed E-state index contributed by atoms with van der Waals surface area (Å²) in [6.07, 6.45) is 0.692. The van der Waals surface area contributed by atoms with E-state index in [4.69, 9.17) is 4.74 Å². The van der Waals surface area contributed by atoms with Crippen molar-refractivity contribution < 1.29 is 28.5 Å². The zero-order valence-electron chi connectivity index (χ0n) is 8.40. The molecule has 6 nitrogen and oxygen atoms in total. The third-order valence-electron chi connectivity index (χ3n) is 1.67. The molecule has 2 heterocycles. The topological polar surface area (TPSA) is 71.1 Å². The van der Waals surface area contributed by atoms with Crippen LogP contribution in [0.4, 0.5) is 4.79 Å². The monoisotopic (exact) mass is 218 g/mol. The van der Waals surface area contributed by atoms with Gasteiger partial charge in [-0.25, -0.2) is 4.79 Å². The fourth-order valence-corrected chi connectivity index (χ4v) is 0.956. The lowest BCUT2D eigenvalue weighted by atomic mass is 10.5. The number of hydrogen-bond donors (Lipinski definition) is 0. The molecule has 2 saturated heterocycles. The third kappa shape index (κ3) is 5.90. The maximum Gasteiger partial charge on any atom is 0.508 e. The Bertz CT molecular complexity index is 197. The van der Waals surface area contributed by atoms with Crippen molar-refractivity contribution in [2.75, 3.05) is 33.0 Å². The average Bonchev–Trinajstić information content (AvgIpc) is 2.48. The van der Waals surface area contributed by atoms with Gasteiger partial charge in [0.2, 0.25) is 0 Å². The molecule has 15 heavy (non-hydrogen) atoms. The minimum absolute atomic E-state index is 0.150. The van der Waals surface area contributed by atoms with Crippen molar-refractivity contribution in [3.63, 3.8) is 0 Å². The highest BCUT2D eigenvalue weighted by Crippen LogP contribution is 1.95. The van der Waals surface area contributed by atoms with E-state index in [9.17, 15) is 9.59 Å². The van der Waals surface area contributed by atoms with E-state index >= 15 is 0 Å². The summed E-state index contributed by atoms with van der Waals surface area (Å²) in [4.78, 5) is 20.4. The zero-order chi connectivity index (χ0) is 10.9. The Hall–Kier alpha value is -1.30. The van der Waals surface area contributed by atoms with Gasteiger partial charge in [-0.15, -0.1) is 0 Å². The van der Waals surface area contributed by atoms with Gasteiger partial charge in [-0.05, 0) is 0 Å². The molecule has 0 unspecified atom stereocenters. The van der Waals surface area contributed by atoms with Gasteiger partial charge in [0.05, 0.1) is 32.8 Å². The maximum atomic E-state index is 10.4. The number of cyclic esters (lactones) is 3. The smallest absolute Gasteiger partial charge is 0.463 e. The number of carbonyl (C=O) groups is 2. The number of hydrogen-bond acceptors (Lipinski definition) is 6. The fraction of sp³-hybridized carbons (Fsp3) is 0.778. The van der Waals surface area contributed by atoms with Crippen LogP contribution in [0.5, 0.6) is 0 Å². The van der Waals surface area contributed by atoms with Gasteiger partial charge in [-0.2, -0.15) is 0 Å². The molecule has 0 aromatic heterocycles. The van der Waals surface area contributed by atoms with Crippen molar-refractivity contribution in [3.8, 4) is 0 Å². The van der Waals surface area contributed by atoms with Crippen molar-refractivity contribution in [2.45, 2.75) is 12.8 Å². The van der Waals surface area contributed by atoms with Gasteiger partial charge in [0.15, 0.2) is 0 Å². The van der Waals surface area contributed by atoms with E-state index in [0.29, 0.717) is 39.5 Å². The van der Waals surface area contributed by atoms with Gasteiger partial charge < -0.3 is 18.9 Å². The van der Waals surface area contributed by atoms with Crippen LogP contribution in [0.15, 0.2) is 0 Å². The summed E-state index contributed by atoms with van der Waals surface area (Å²) in [6.45, 7) is 2.50. The molecule has 0 bridgehead atoms. The summed E-state index contributed by atoms with van der Waals surface area (Å²) in [7, 11) is 0. The Morgan fingerprint density at radius 2 is 1.53 bits per heavy atom. The van der Waals surface area contributed by atoms with Gasteiger partial charge >= 0.3 is 12.1 Å². The second kappa shape index (κ2) is 7.05. The number of rotatable bonds is 0. The molecule has 0 atom stereocenters. The van der Waals surface area contributed by atoms with Gasteiger partial charge in [-0.3, -0.25) is 4.79 Å². The van der Waals surface area contributed by atoms with E-state index in [1.54, 1.807) is 0 Å². The summed E-state index contributed by atoms with van der Waals surface area (Å²) in [5.41, 5.74) is 0. The van der Waals surface area contributed by atoms with Crippen LogP contribution >= 0.6 is 0 Å². The summed E-state index contributed by atoms with van der Waals surface area (Å²) in [5, 5.41) is 0. The molecule has 2 rings (SSSR count). The highest BCUT2D eigenvalue weighted by Gasteiger charge is 2.07. The molecule has 2 aliphatic heterocycles. The van der Waals surface area contributed by atoms with Crippen LogP contribution in [-0.2, 0) is 23.7 Å². The molecule has 2 aliphatic rings. The molecule has 2 fully saturated rings. The maximum absolute atomic E-state index is 10.4. The standard InChI is InChI=1S/C5H8O3.C4H6O3/c6-5-1-2-7-3-4-8-5;5-4-6-2-1-3-7-4/h1-4H2;1-3H2. The second-order valence-electron chi connectivity index (χ2n) is 2.88. The van der Waals surface area contributed by atoms with Crippen molar-refractivity contribution in [1.82, 2.24) is 0 Å². The quantitative estimate of drug-likeness (QED) is 0.551. The molecule has 6 heteroatoms. The molecular weight excluding hydrogens is 204 g/mol. The first-order valence-corrected chi connectivity index (χ1v) is 4.82. The molecule has 0 N–H and O–H groups in total. The van der Waals surface area contributed by atoms with Crippen LogP contribution in [-0.4, -0.2) is 45.2 Å². The molecular formula is C9H14O6. The molecule has 0 amide bonds. The molecule has 0 aromatic carbocycles. The van der Waals surface area contributed by atoms with Gasteiger partial charge in [0.25, 0.3) is 0 Å². The summed E-state index contributed by atoms with van der Waals surface area (Å²) >= 11 is 0. The van der Waals surface area contributed by atoms with E-state index in [1.165, 1.54) is 0 Å². The first kappa shape index (κ1) is 11.8. The van der Waals surface area contributed by atoms with Crippen LogP contribution in [0, 0.1) is 0 Å². The predicted molar refractivity (Wildman–Crippen MR) is 48.3 cm³/mol. The summed E-state index contributed by atoms with van der Waals surface area (Å²) in [6, 6.07) is 0. The van der Waals surface area contributed by atoms with E-state index in [2.05, 4.69) is 14.2 Å². The first-order chi connectivity index (χ1) is 7.29. The normalized spacial score (nSPS) is 21.1. The lowest BCUT2D eigenvalue weighted by Crippen LogP contribution is -2.16. The predicted octanol–water partition coefficient (Wildman–Crippen LogP) is 0.493. The minimum Gasteiger partial charge on any atom is -0.463 e. The molecule has 0 saturated carbocycles. The molecule has 0 aliphatic carbocycles. The molecule has 0 spiro atoms. The summed E-state index contributed by atoms with van der Waals surface area (Å²) < 4.78 is 18.4. The molecule has 0 aromatic rings. The lowest BCUT2D eigenvalue weighted by molar-refractivity contribution is -0.142.